The molecule has 0 unspecified atom stereocenters. The molecule has 6 nitrogen and oxygen atoms in total. The van der Waals surface area contributed by atoms with E-state index >= 15 is 0 Å². The summed E-state index contributed by atoms with van der Waals surface area (Å²) in [4.78, 5) is 27.4. The molecular weight excluding hydrogens is 364 g/mol. The number of benzene rings is 1. The van der Waals surface area contributed by atoms with Crippen molar-refractivity contribution in [1.82, 2.24) is 24.4 Å². The molecule has 4 rings (SSSR count). The predicted molar refractivity (Wildman–Crippen MR) is 98.3 cm³/mol. The quantitative estimate of drug-likeness (QED) is 0.695. The first-order valence-electron chi connectivity index (χ1n) is 9.03. The van der Waals surface area contributed by atoms with Crippen molar-refractivity contribution < 1.29 is 13.6 Å². The highest BCUT2D eigenvalue weighted by atomic mass is 19.1. The minimum absolute atomic E-state index is 0.0368. The van der Waals surface area contributed by atoms with Crippen LogP contribution in [0.1, 0.15) is 22.5 Å². The number of nitrogens with zero attached hydrogens (tertiary/aromatic N) is 5. The van der Waals surface area contributed by atoms with Crippen LogP contribution >= 0.6 is 0 Å². The summed E-state index contributed by atoms with van der Waals surface area (Å²) in [5.41, 5.74) is 1.57. The number of aromatic nitrogens is 4. The molecule has 3 heterocycles. The molecule has 0 radical (unpaired) electrons. The smallest absolute Gasteiger partial charge is 0.254 e. The fraction of sp³-hybridized carbons (Fsp3) is 0.300. The second-order valence-corrected chi connectivity index (χ2v) is 7.03. The molecule has 1 aliphatic heterocycles. The third-order valence-electron chi connectivity index (χ3n) is 4.92. The molecule has 3 aromatic rings. The van der Waals surface area contributed by atoms with Crippen molar-refractivity contribution in [3.8, 4) is 11.5 Å². The number of aryl methyl sites for hydroxylation is 1. The second-order valence-electron chi connectivity index (χ2n) is 7.03. The number of carbonyl (C=O) groups excluding carboxylic acids is 1. The number of halogens is 2. The maximum Gasteiger partial charge on any atom is 0.254 e. The molecule has 0 aliphatic carbocycles. The first kappa shape index (κ1) is 18.2. The monoisotopic (exact) mass is 383 g/mol. The first-order valence-corrected chi connectivity index (χ1v) is 9.03. The Morgan fingerprint density at radius 1 is 1.21 bits per heavy atom. The van der Waals surface area contributed by atoms with Gasteiger partial charge in [0.2, 0.25) is 0 Å². The number of carbonyl (C=O) groups is 1. The lowest BCUT2D eigenvalue weighted by Gasteiger charge is -2.17. The maximum absolute atomic E-state index is 13.4. The highest BCUT2D eigenvalue weighted by Gasteiger charge is 2.28. The topological polar surface area (TPSA) is 63.9 Å². The molecule has 0 bridgehead atoms. The van der Waals surface area contributed by atoms with E-state index in [-0.39, 0.29) is 17.4 Å². The van der Waals surface area contributed by atoms with E-state index < -0.39 is 11.6 Å². The Hall–Kier alpha value is -3.16. The van der Waals surface area contributed by atoms with Crippen LogP contribution in [0.25, 0.3) is 11.5 Å². The average molecular weight is 383 g/mol. The second kappa shape index (κ2) is 7.46. The van der Waals surface area contributed by atoms with Crippen molar-refractivity contribution in [1.29, 1.82) is 0 Å². The van der Waals surface area contributed by atoms with Gasteiger partial charge in [-0.05, 0) is 30.9 Å². The van der Waals surface area contributed by atoms with E-state index in [1.54, 1.807) is 23.5 Å². The van der Waals surface area contributed by atoms with Crippen LogP contribution in [-0.2, 0) is 13.5 Å². The number of likely N-dealkylation sites (tertiary alicyclic amines) is 1. The minimum atomic E-state index is -0.750. The Kier molecular flexibility index (Phi) is 4.85. The van der Waals surface area contributed by atoms with E-state index in [2.05, 4.69) is 15.0 Å². The molecule has 2 aromatic heterocycles. The van der Waals surface area contributed by atoms with E-state index in [0.29, 0.717) is 25.2 Å². The third-order valence-corrected chi connectivity index (χ3v) is 4.92. The van der Waals surface area contributed by atoms with Crippen LogP contribution in [0.5, 0.6) is 0 Å². The predicted octanol–water partition coefficient (Wildman–Crippen LogP) is 2.86. The number of amides is 1. The van der Waals surface area contributed by atoms with Gasteiger partial charge >= 0.3 is 0 Å². The molecule has 144 valence electrons. The van der Waals surface area contributed by atoms with Crippen molar-refractivity contribution in [3.05, 3.63) is 65.9 Å². The SMILES string of the molecule is Cn1ccnc1-c1cncc(C[C@H]2CCN(C(=O)c3cc(F)cc(F)c3)C2)n1. The van der Waals surface area contributed by atoms with Gasteiger partial charge in [-0.3, -0.25) is 9.78 Å². The summed E-state index contributed by atoms with van der Waals surface area (Å²) in [5, 5.41) is 0. The lowest BCUT2D eigenvalue weighted by atomic mass is 10.0. The van der Waals surface area contributed by atoms with E-state index in [0.717, 1.165) is 36.1 Å². The lowest BCUT2D eigenvalue weighted by molar-refractivity contribution is 0.0786. The fourth-order valence-electron chi connectivity index (χ4n) is 3.56. The lowest BCUT2D eigenvalue weighted by Crippen LogP contribution is -2.29. The summed E-state index contributed by atoms with van der Waals surface area (Å²) >= 11 is 0. The summed E-state index contributed by atoms with van der Waals surface area (Å²) in [6, 6.07) is 2.90. The number of rotatable bonds is 4. The van der Waals surface area contributed by atoms with E-state index in [1.807, 2.05) is 17.8 Å². The van der Waals surface area contributed by atoms with Crippen LogP contribution in [0.2, 0.25) is 0 Å². The van der Waals surface area contributed by atoms with Gasteiger partial charge in [-0.1, -0.05) is 0 Å². The largest absolute Gasteiger partial charge is 0.338 e. The Morgan fingerprint density at radius 2 is 2.00 bits per heavy atom. The molecule has 1 fully saturated rings. The zero-order valence-corrected chi connectivity index (χ0v) is 15.3. The summed E-state index contributed by atoms with van der Waals surface area (Å²) in [6.45, 7) is 1.07. The highest BCUT2D eigenvalue weighted by molar-refractivity contribution is 5.94. The molecule has 1 amide bonds. The molecular formula is C20H19F2N5O. The van der Waals surface area contributed by atoms with Gasteiger partial charge in [-0.2, -0.15) is 0 Å². The van der Waals surface area contributed by atoms with Crippen LogP contribution in [0, 0.1) is 17.6 Å². The van der Waals surface area contributed by atoms with Crippen molar-refractivity contribution >= 4 is 5.91 Å². The summed E-state index contributed by atoms with van der Waals surface area (Å²) < 4.78 is 28.7. The molecule has 0 saturated carbocycles. The van der Waals surface area contributed by atoms with Gasteiger partial charge in [-0.15, -0.1) is 0 Å². The van der Waals surface area contributed by atoms with Gasteiger partial charge < -0.3 is 9.47 Å². The highest BCUT2D eigenvalue weighted by Crippen LogP contribution is 2.23. The zero-order chi connectivity index (χ0) is 19.7. The maximum atomic E-state index is 13.4. The average Bonchev–Trinajstić information content (AvgIpc) is 3.29. The van der Waals surface area contributed by atoms with Crippen LogP contribution in [0.3, 0.4) is 0 Å². The Morgan fingerprint density at radius 3 is 2.71 bits per heavy atom. The van der Waals surface area contributed by atoms with Gasteiger partial charge in [0, 0.05) is 50.4 Å². The van der Waals surface area contributed by atoms with E-state index in [4.69, 9.17) is 0 Å². The molecule has 1 atom stereocenters. The van der Waals surface area contributed by atoms with Crippen LogP contribution < -0.4 is 0 Å². The molecule has 28 heavy (non-hydrogen) atoms. The molecule has 1 aromatic carbocycles. The van der Waals surface area contributed by atoms with Gasteiger partial charge in [0.1, 0.15) is 17.3 Å². The minimum Gasteiger partial charge on any atom is -0.338 e. The first-order chi connectivity index (χ1) is 13.5. The molecule has 1 aliphatic rings. The summed E-state index contributed by atoms with van der Waals surface area (Å²) in [7, 11) is 1.90. The molecule has 1 saturated heterocycles. The molecule has 8 heteroatoms. The van der Waals surface area contributed by atoms with Gasteiger partial charge in [0.15, 0.2) is 5.82 Å². The van der Waals surface area contributed by atoms with Crippen molar-refractivity contribution in [3.63, 3.8) is 0 Å². The standard InChI is InChI=1S/C20H19F2N5O/c1-26-5-3-24-19(26)18-11-23-10-17(25-18)6-13-2-4-27(12-13)20(28)14-7-15(21)9-16(22)8-14/h3,5,7-11,13H,2,4,6,12H2,1H3/t13-/m1/s1. The van der Waals surface area contributed by atoms with Crippen molar-refractivity contribution in [2.24, 2.45) is 13.0 Å². The fourth-order valence-corrected chi connectivity index (χ4v) is 3.56. The number of hydrogen-bond donors (Lipinski definition) is 0. The van der Waals surface area contributed by atoms with E-state index in [1.165, 1.54) is 0 Å². The van der Waals surface area contributed by atoms with Gasteiger partial charge in [0.05, 0.1) is 11.9 Å². The number of hydrogen-bond acceptors (Lipinski definition) is 4. The Bertz CT molecular complexity index is 999. The molecule has 0 spiro atoms. The number of imidazole rings is 1. The Labute approximate surface area is 160 Å². The van der Waals surface area contributed by atoms with Crippen molar-refractivity contribution in [2.75, 3.05) is 13.1 Å². The molecule has 0 N–H and O–H groups in total. The summed E-state index contributed by atoms with van der Waals surface area (Å²) in [5.74, 6) is -0.895. The van der Waals surface area contributed by atoms with Crippen LogP contribution in [-0.4, -0.2) is 43.4 Å². The zero-order valence-electron chi connectivity index (χ0n) is 15.3. The normalized spacial score (nSPS) is 16.5. The Balaban J connectivity index is 1.44. The van der Waals surface area contributed by atoms with Gasteiger partial charge in [-0.25, -0.2) is 18.7 Å². The summed E-state index contributed by atoms with van der Waals surface area (Å²) in [6.07, 6.45) is 8.43. The van der Waals surface area contributed by atoms with Gasteiger partial charge in [0.25, 0.3) is 5.91 Å². The van der Waals surface area contributed by atoms with Crippen LogP contribution in [0.15, 0.2) is 43.0 Å². The van der Waals surface area contributed by atoms with Crippen molar-refractivity contribution in [2.45, 2.75) is 12.8 Å². The van der Waals surface area contributed by atoms with Crippen LogP contribution in [0.4, 0.5) is 8.78 Å². The third kappa shape index (κ3) is 3.76. The van der Waals surface area contributed by atoms with E-state index in [9.17, 15) is 13.6 Å².